The van der Waals surface area contributed by atoms with Crippen LogP contribution in [0.3, 0.4) is 0 Å². The SMILES string of the molecule is CCc1ccccc1OCCCCCc1ccc(NC(=O)N2CCN(C(=O)OC(C)(C)C)CC2)cc1. The standard InChI is InChI=1S/C29H41N3O4/c1-5-24-12-8-9-13-26(24)35-22-10-6-7-11-23-14-16-25(17-15-23)30-27(33)31-18-20-32(21-19-31)28(34)36-29(2,3)4/h8-9,12-17H,5-7,10-11,18-22H2,1-4H3,(H,30,33). The van der Waals surface area contributed by atoms with E-state index in [1.165, 1.54) is 11.1 Å². The van der Waals surface area contributed by atoms with Crippen LogP contribution in [0.15, 0.2) is 48.5 Å². The van der Waals surface area contributed by atoms with Crippen molar-refractivity contribution in [3.05, 3.63) is 59.7 Å². The van der Waals surface area contributed by atoms with E-state index in [2.05, 4.69) is 36.5 Å². The number of carbonyl (C=O) groups excluding carboxylic acids is 2. The maximum Gasteiger partial charge on any atom is 0.410 e. The van der Waals surface area contributed by atoms with Crippen LogP contribution in [0.2, 0.25) is 0 Å². The molecule has 1 N–H and O–H groups in total. The van der Waals surface area contributed by atoms with Gasteiger partial charge >= 0.3 is 12.1 Å². The molecule has 3 rings (SSSR count). The van der Waals surface area contributed by atoms with E-state index in [-0.39, 0.29) is 12.1 Å². The van der Waals surface area contributed by atoms with E-state index in [1.807, 2.05) is 45.0 Å². The molecule has 0 spiro atoms. The summed E-state index contributed by atoms with van der Waals surface area (Å²) in [6, 6.07) is 16.1. The summed E-state index contributed by atoms with van der Waals surface area (Å²) >= 11 is 0. The van der Waals surface area contributed by atoms with Gasteiger partial charge in [-0.05, 0) is 82.2 Å². The first-order chi connectivity index (χ1) is 17.2. The number of benzene rings is 2. The molecule has 1 saturated heterocycles. The number of unbranched alkanes of at least 4 members (excludes halogenated alkanes) is 2. The summed E-state index contributed by atoms with van der Waals surface area (Å²) < 4.78 is 11.4. The molecule has 0 radical (unpaired) electrons. The van der Waals surface area contributed by atoms with Crippen molar-refractivity contribution in [2.75, 3.05) is 38.1 Å². The number of hydrogen-bond donors (Lipinski definition) is 1. The van der Waals surface area contributed by atoms with Crippen LogP contribution in [0.5, 0.6) is 5.75 Å². The highest BCUT2D eigenvalue weighted by Crippen LogP contribution is 2.19. The van der Waals surface area contributed by atoms with Crippen molar-refractivity contribution in [2.24, 2.45) is 0 Å². The van der Waals surface area contributed by atoms with Crippen molar-refractivity contribution in [3.8, 4) is 5.75 Å². The minimum absolute atomic E-state index is 0.142. The van der Waals surface area contributed by atoms with Crippen LogP contribution in [-0.2, 0) is 17.6 Å². The maximum atomic E-state index is 12.6. The van der Waals surface area contributed by atoms with Gasteiger partial charge in [-0.25, -0.2) is 9.59 Å². The first kappa shape index (κ1) is 27.4. The Labute approximate surface area is 215 Å². The lowest BCUT2D eigenvalue weighted by molar-refractivity contribution is 0.0174. The second kappa shape index (κ2) is 13.2. The normalized spacial score (nSPS) is 13.9. The molecule has 7 nitrogen and oxygen atoms in total. The molecule has 36 heavy (non-hydrogen) atoms. The summed E-state index contributed by atoms with van der Waals surface area (Å²) in [5.41, 5.74) is 2.78. The number of rotatable bonds is 9. The Morgan fingerprint density at radius 3 is 2.22 bits per heavy atom. The molecule has 1 aliphatic heterocycles. The van der Waals surface area contributed by atoms with Crippen LogP contribution in [0.1, 0.15) is 58.1 Å². The van der Waals surface area contributed by atoms with Crippen molar-refractivity contribution in [3.63, 3.8) is 0 Å². The number of ether oxygens (including phenoxy) is 2. The molecule has 0 atom stereocenters. The zero-order valence-corrected chi connectivity index (χ0v) is 22.2. The van der Waals surface area contributed by atoms with E-state index in [4.69, 9.17) is 9.47 Å². The molecule has 1 aliphatic rings. The fourth-order valence-electron chi connectivity index (χ4n) is 4.10. The fourth-order valence-corrected chi connectivity index (χ4v) is 4.10. The minimum Gasteiger partial charge on any atom is -0.493 e. The highest BCUT2D eigenvalue weighted by molar-refractivity contribution is 5.89. The lowest BCUT2D eigenvalue weighted by Crippen LogP contribution is -2.52. The third-order valence-corrected chi connectivity index (χ3v) is 6.14. The van der Waals surface area contributed by atoms with Crippen LogP contribution in [0, 0.1) is 0 Å². The Balaban J connectivity index is 1.32. The Morgan fingerprint density at radius 2 is 1.56 bits per heavy atom. The third-order valence-electron chi connectivity index (χ3n) is 6.14. The largest absolute Gasteiger partial charge is 0.493 e. The monoisotopic (exact) mass is 495 g/mol. The number of amides is 3. The van der Waals surface area contributed by atoms with Crippen molar-refractivity contribution in [1.82, 2.24) is 9.80 Å². The molecule has 1 fully saturated rings. The average Bonchev–Trinajstić information content (AvgIpc) is 2.86. The predicted molar refractivity (Wildman–Crippen MR) is 144 cm³/mol. The van der Waals surface area contributed by atoms with Crippen molar-refractivity contribution in [2.45, 2.75) is 65.4 Å². The maximum absolute atomic E-state index is 12.6. The molecule has 0 saturated carbocycles. The van der Waals surface area contributed by atoms with Crippen molar-refractivity contribution < 1.29 is 19.1 Å². The number of para-hydroxylation sites is 1. The molecule has 1 heterocycles. The summed E-state index contributed by atoms with van der Waals surface area (Å²) in [6.45, 7) is 10.3. The molecule has 2 aromatic carbocycles. The zero-order valence-electron chi connectivity index (χ0n) is 22.2. The number of piperazine rings is 1. The van der Waals surface area contributed by atoms with Gasteiger partial charge in [-0.3, -0.25) is 0 Å². The third kappa shape index (κ3) is 8.77. The minimum atomic E-state index is -0.520. The molecule has 2 aromatic rings. The predicted octanol–water partition coefficient (Wildman–Crippen LogP) is 6.13. The Kier molecular flexibility index (Phi) is 10.0. The molecule has 196 valence electrons. The number of hydrogen-bond acceptors (Lipinski definition) is 4. The summed E-state index contributed by atoms with van der Waals surface area (Å²) in [4.78, 5) is 28.2. The van der Waals surface area contributed by atoms with Crippen molar-refractivity contribution in [1.29, 1.82) is 0 Å². The van der Waals surface area contributed by atoms with Gasteiger partial charge in [0.2, 0.25) is 0 Å². The van der Waals surface area contributed by atoms with E-state index in [9.17, 15) is 9.59 Å². The first-order valence-corrected chi connectivity index (χ1v) is 13.1. The van der Waals surface area contributed by atoms with E-state index in [0.29, 0.717) is 26.2 Å². The van der Waals surface area contributed by atoms with Crippen LogP contribution in [-0.4, -0.2) is 60.3 Å². The van der Waals surface area contributed by atoms with Gasteiger partial charge in [0, 0.05) is 31.9 Å². The summed E-state index contributed by atoms with van der Waals surface area (Å²) in [6.07, 6.45) is 4.92. The Bertz CT molecular complexity index is 977. The fraction of sp³-hybridized carbons (Fsp3) is 0.517. The molecular formula is C29H41N3O4. The summed E-state index contributed by atoms with van der Waals surface area (Å²) in [5, 5.41) is 2.97. The molecule has 0 aliphatic carbocycles. The van der Waals surface area contributed by atoms with Crippen LogP contribution in [0.25, 0.3) is 0 Å². The summed E-state index contributed by atoms with van der Waals surface area (Å²) in [5.74, 6) is 1.00. The molecular weight excluding hydrogens is 454 g/mol. The highest BCUT2D eigenvalue weighted by atomic mass is 16.6. The first-order valence-electron chi connectivity index (χ1n) is 13.1. The van der Waals surface area contributed by atoms with Gasteiger partial charge in [0.1, 0.15) is 11.4 Å². The van der Waals surface area contributed by atoms with Gasteiger partial charge in [0.05, 0.1) is 6.61 Å². The second-order valence-electron chi connectivity index (χ2n) is 10.2. The summed E-state index contributed by atoms with van der Waals surface area (Å²) in [7, 11) is 0. The van der Waals surface area contributed by atoms with E-state index in [0.717, 1.165) is 50.1 Å². The van der Waals surface area contributed by atoms with Gasteiger partial charge in [0.25, 0.3) is 0 Å². The molecule has 0 aromatic heterocycles. The smallest absolute Gasteiger partial charge is 0.410 e. The number of aryl methyl sites for hydroxylation is 2. The van der Waals surface area contributed by atoms with Gasteiger partial charge < -0.3 is 24.6 Å². The lowest BCUT2D eigenvalue weighted by atomic mass is 10.1. The van der Waals surface area contributed by atoms with Gasteiger partial charge in [-0.2, -0.15) is 0 Å². The van der Waals surface area contributed by atoms with Crippen LogP contribution < -0.4 is 10.1 Å². The molecule has 0 unspecified atom stereocenters. The lowest BCUT2D eigenvalue weighted by Gasteiger charge is -2.35. The van der Waals surface area contributed by atoms with Gasteiger partial charge in [-0.15, -0.1) is 0 Å². The van der Waals surface area contributed by atoms with Gasteiger partial charge in [-0.1, -0.05) is 37.3 Å². The quantitative estimate of drug-likeness (QED) is 0.425. The Hall–Kier alpha value is -3.22. The van der Waals surface area contributed by atoms with Crippen molar-refractivity contribution >= 4 is 17.8 Å². The van der Waals surface area contributed by atoms with Gasteiger partial charge in [0.15, 0.2) is 0 Å². The van der Waals surface area contributed by atoms with Crippen LogP contribution in [0.4, 0.5) is 15.3 Å². The zero-order chi connectivity index (χ0) is 26.0. The number of anilines is 1. The second-order valence-corrected chi connectivity index (χ2v) is 10.2. The van der Waals surface area contributed by atoms with Crippen LogP contribution >= 0.6 is 0 Å². The topological polar surface area (TPSA) is 71.1 Å². The molecule has 0 bridgehead atoms. The van der Waals surface area contributed by atoms with E-state index < -0.39 is 5.60 Å². The number of carbonyl (C=O) groups is 2. The molecule has 7 heteroatoms. The Morgan fingerprint density at radius 1 is 0.889 bits per heavy atom. The van der Waals surface area contributed by atoms with E-state index in [1.54, 1.807) is 9.80 Å². The number of urea groups is 1. The van der Waals surface area contributed by atoms with E-state index >= 15 is 0 Å². The highest BCUT2D eigenvalue weighted by Gasteiger charge is 2.27. The molecule has 3 amide bonds. The number of nitrogens with one attached hydrogen (secondary N) is 1. The average molecular weight is 496 g/mol. The number of nitrogens with zero attached hydrogens (tertiary/aromatic N) is 2.